The van der Waals surface area contributed by atoms with Gasteiger partial charge in [0, 0.05) is 20.7 Å². The van der Waals surface area contributed by atoms with Gasteiger partial charge in [0.1, 0.15) is 0 Å². The lowest BCUT2D eigenvalue weighted by Gasteiger charge is -2.16. The van der Waals surface area contributed by atoms with E-state index < -0.39 is 0 Å². The molecule has 5 heteroatoms. The smallest absolute Gasteiger partial charge is 0.0766 e. The summed E-state index contributed by atoms with van der Waals surface area (Å²) >= 11 is 3.69. The third-order valence-corrected chi connectivity index (χ3v) is 4.39. The van der Waals surface area contributed by atoms with E-state index in [0.717, 1.165) is 38.2 Å². The van der Waals surface area contributed by atoms with Gasteiger partial charge in [0.05, 0.1) is 22.5 Å². The van der Waals surface area contributed by atoms with Crippen molar-refractivity contribution in [1.29, 1.82) is 0 Å². The van der Waals surface area contributed by atoms with Crippen LogP contribution < -0.4 is 5.32 Å². The van der Waals surface area contributed by atoms with E-state index in [1.165, 1.54) is 16.6 Å². The Balaban J connectivity index is 2.57. The van der Waals surface area contributed by atoms with Crippen LogP contribution in [0.5, 0.6) is 0 Å². The first kappa shape index (κ1) is 16.7. The molecule has 110 valence electrons. The minimum atomic E-state index is 0.633. The van der Waals surface area contributed by atoms with E-state index >= 15 is 0 Å². The van der Waals surface area contributed by atoms with Gasteiger partial charge in [-0.25, -0.2) is 0 Å². The second-order valence-electron chi connectivity index (χ2n) is 4.86. The third-order valence-electron chi connectivity index (χ3n) is 3.48. The molecule has 1 unspecified atom stereocenters. The number of hydrogen-bond acceptors (Lipinski definition) is 3. The third kappa shape index (κ3) is 4.89. The number of hydrogen-bond donors (Lipinski definition) is 1. The molecule has 0 aliphatic carbocycles. The molecule has 0 amide bonds. The van der Waals surface area contributed by atoms with Crippen LogP contribution in [-0.4, -0.2) is 36.6 Å². The van der Waals surface area contributed by atoms with Crippen molar-refractivity contribution in [3.63, 3.8) is 0 Å². The highest BCUT2D eigenvalue weighted by Gasteiger charge is 2.16. The van der Waals surface area contributed by atoms with Gasteiger partial charge >= 0.3 is 0 Å². The highest BCUT2D eigenvalue weighted by atomic mass is 79.9. The lowest BCUT2D eigenvalue weighted by Crippen LogP contribution is -2.27. The highest BCUT2D eigenvalue weighted by molar-refractivity contribution is 9.10. The summed E-state index contributed by atoms with van der Waals surface area (Å²) in [5.74, 6) is 0.633. The number of rotatable bonds is 9. The van der Waals surface area contributed by atoms with E-state index in [1.807, 2.05) is 11.7 Å². The normalized spacial score (nSPS) is 12.9. The molecule has 1 heterocycles. The Morgan fingerprint density at radius 3 is 2.68 bits per heavy atom. The quantitative estimate of drug-likeness (QED) is 0.707. The van der Waals surface area contributed by atoms with Crippen LogP contribution in [0.3, 0.4) is 0 Å². The number of halogens is 1. The maximum Gasteiger partial charge on any atom is 0.0766 e. The molecule has 19 heavy (non-hydrogen) atoms. The molecular weight excluding hydrogens is 306 g/mol. The molecule has 0 aromatic carbocycles. The van der Waals surface area contributed by atoms with E-state index in [1.54, 1.807) is 7.11 Å². The van der Waals surface area contributed by atoms with Crippen LogP contribution in [0.1, 0.15) is 31.7 Å². The number of aromatic nitrogens is 2. The van der Waals surface area contributed by atoms with Crippen LogP contribution in [0.4, 0.5) is 0 Å². The van der Waals surface area contributed by atoms with Gasteiger partial charge < -0.3 is 10.1 Å². The maximum absolute atomic E-state index is 5.05. The molecule has 0 fully saturated rings. The average molecular weight is 332 g/mol. The monoisotopic (exact) mass is 331 g/mol. The van der Waals surface area contributed by atoms with Crippen molar-refractivity contribution in [1.82, 2.24) is 15.1 Å². The van der Waals surface area contributed by atoms with Crippen molar-refractivity contribution in [2.24, 2.45) is 13.0 Å². The molecular formula is C14H26BrN3O. The van der Waals surface area contributed by atoms with Gasteiger partial charge in [-0.2, -0.15) is 5.10 Å². The summed E-state index contributed by atoms with van der Waals surface area (Å²) in [6.07, 6.45) is 3.19. The van der Waals surface area contributed by atoms with Crippen molar-refractivity contribution in [2.75, 3.05) is 26.8 Å². The lowest BCUT2D eigenvalue weighted by molar-refractivity contribution is 0.197. The predicted octanol–water partition coefficient (Wildman–Crippen LogP) is 2.55. The Labute approximate surface area is 125 Å². The summed E-state index contributed by atoms with van der Waals surface area (Å²) < 4.78 is 8.25. The summed E-state index contributed by atoms with van der Waals surface area (Å²) in [5, 5.41) is 8.00. The van der Waals surface area contributed by atoms with Crippen molar-refractivity contribution >= 4 is 15.9 Å². The molecule has 0 aliphatic rings. The Kier molecular flexibility index (Phi) is 7.64. The largest absolute Gasteiger partial charge is 0.383 e. The summed E-state index contributed by atoms with van der Waals surface area (Å²) in [6.45, 7) is 7.10. The lowest BCUT2D eigenvalue weighted by atomic mass is 10.00. The molecule has 1 rings (SSSR count). The fraction of sp³-hybridized carbons (Fsp3) is 0.786. The molecule has 4 nitrogen and oxygen atoms in total. The van der Waals surface area contributed by atoms with Gasteiger partial charge in [0.2, 0.25) is 0 Å². The molecule has 0 aliphatic heterocycles. The van der Waals surface area contributed by atoms with Crippen LogP contribution in [0.25, 0.3) is 0 Å². The Morgan fingerprint density at radius 2 is 2.16 bits per heavy atom. The average Bonchev–Trinajstić information content (AvgIpc) is 2.69. The first-order valence-corrected chi connectivity index (χ1v) is 7.83. The predicted molar refractivity (Wildman–Crippen MR) is 82.5 cm³/mol. The Hall–Kier alpha value is -0.390. The highest BCUT2D eigenvalue weighted by Crippen LogP contribution is 2.24. The van der Waals surface area contributed by atoms with E-state index in [4.69, 9.17) is 4.74 Å². The fourth-order valence-corrected chi connectivity index (χ4v) is 2.93. The van der Waals surface area contributed by atoms with E-state index in [9.17, 15) is 0 Å². The minimum Gasteiger partial charge on any atom is -0.383 e. The van der Waals surface area contributed by atoms with Gasteiger partial charge in [-0.05, 0) is 41.2 Å². The van der Waals surface area contributed by atoms with Gasteiger partial charge in [0.25, 0.3) is 0 Å². The van der Waals surface area contributed by atoms with Crippen molar-refractivity contribution in [2.45, 2.75) is 33.1 Å². The number of aryl methyl sites for hydroxylation is 2. The van der Waals surface area contributed by atoms with Crippen LogP contribution in [0.15, 0.2) is 4.47 Å². The Morgan fingerprint density at radius 1 is 1.42 bits per heavy atom. The molecule has 0 radical (unpaired) electrons. The molecule has 0 saturated carbocycles. The second kappa shape index (κ2) is 8.72. The summed E-state index contributed by atoms with van der Waals surface area (Å²) in [6, 6.07) is 0. The van der Waals surface area contributed by atoms with Crippen LogP contribution >= 0.6 is 15.9 Å². The van der Waals surface area contributed by atoms with Crippen molar-refractivity contribution in [3.05, 3.63) is 15.9 Å². The van der Waals surface area contributed by atoms with Crippen LogP contribution in [0, 0.1) is 5.92 Å². The topological polar surface area (TPSA) is 39.1 Å². The first-order valence-electron chi connectivity index (χ1n) is 7.03. The zero-order valence-electron chi connectivity index (χ0n) is 12.5. The van der Waals surface area contributed by atoms with Crippen LogP contribution in [-0.2, 0) is 24.6 Å². The molecule has 1 aromatic heterocycles. The summed E-state index contributed by atoms with van der Waals surface area (Å²) in [7, 11) is 3.77. The molecule has 0 bridgehead atoms. The van der Waals surface area contributed by atoms with Crippen LogP contribution in [0.2, 0.25) is 0 Å². The molecule has 1 atom stereocenters. The molecule has 0 spiro atoms. The van der Waals surface area contributed by atoms with Crippen molar-refractivity contribution in [3.8, 4) is 0 Å². The molecule has 0 saturated heterocycles. The zero-order valence-corrected chi connectivity index (χ0v) is 14.1. The number of ether oxygens (including phenoxy) is 1. The zero-order chi connectivity index (χ0) is 14.3. The SMILES string of the molecule is CCc1nn(C)c(CC(CC)CNCCOC)c1Br. The maximum atomic E-state index is 5.05. The summed E-state index contributed by atoms with van der Waals surface area (Å²) in [4.78, 5) is 0. The fourth-order valence-electron chi connectivity index (χ4n) is 2.16. The first-order chi connectivity index (χ1) is 9.13. The van der Waals surface area contributed by atoms with E-state index in [-0.39, 0.29) is 0 Å². The van der Waals surface area contributed by atoms with Gasteiger partial charge in [0.15, 0.2) is 0 Å². The minimum absolute atomic E-state index is 0.633. The van der Waals surface area contributed by atoms with Gasteiger partial charge in [-0.3, -0.25) is 4.68 Å². The van der Waals surface area contributed by atoms with Gasteiger partial charge in [-0.15, -0.1) is 0 Å². The number of nitrogens with one attached hydrogen (secondary N) is 1. The Bertz CT molecular complexity index is 379. The molecule has 1 N–H and O–H groups in total. The second-order valence-corrected chi connectivity index (χ2v) is 5.65. The van der Waals surface area contributed by atoms with Gasteiger partial charge in [-0.1, -0.05) is 20.3 Å². The summed E-state index contributed by atoms with van der Waals surface area (Å²) in [5.41, 5.74) is 2.46. The van der Waals surface area contributed by atoms with E-state index in [2.05, 4.69) is 40.2 Å². The standard InChI is InChI=1S/C14H26BrN3O/c1-5-11(10-16-7-8-19-4)9-13-14(15)12(6-2)17-18(13)3/h11,16H,5-10H2,1-4H3. The number of methoxy groups -OCH3 is 1. The number of nitrogens with zero attached hydrogens (tertiary/aromatic N) is 2. The van der Waals surface area contributed by atoms with E-state index in [0.29, 0.717) is 5.92 Å². The van der Waals surface area contributed by atoms with Crippen molar-refractivity contribution < 1.29 is 4.74 Å². The molecule has 1 aromatic rings.